The zero-order chi connectivity index (χ0) is 24.4. The van der Waals surface area contributed by atoms with Crippen LogP contribution in [0.15, 0.2) is 18.2 Å². The molecule has 6 rings (SSSR count). The number of fused-ring (bicyclic) bond motifs is 6. The zero-order valence-corrected chi connectivity index (χ0v) is 21.5. The first-order valence-corrected chi connectivity index (χ1v) is 13.9. The lowest BCUT2D eigenvalue weighted by Crippen LogP contribution is -2.56. The van der Waals surface area contributed by atoms with Crippen LogP contribution in [0.4, 0.5) is 4.39 Å². The maximum atomic E-state index is 13.8. The van der Waals surface area contributed by atoms with Crippen molar-refractivity contribution in [2.45, 2.75) is 78.2 Å². The summed E-state index contributed by atoms with van der Waals surface area (Å²) in [6.07, 6.45) is 11.2. The van der Waals surface area contributed by atoms with Crippen LogP contribution in [-0.4, -0.2) is 34.5 Å². The highest BCUT2D eigenvalue weighted by molar-refractivity contribution is 5.84. The Morgan fingerprint density at radius 2 is 2.00 bits per heavy atom. The van der Waals surface area contributed by atoms with Crippen molar-refractivity contribution in [3.05, 3.63) is 24.0 Å². The summed E-state index contributed by atoms with van der Waals surface area (Å²) in [6, 6.07) is 4.46. The fourth-order valence-electron chi connectivity index (χ4n) is 9.66. The molecule has 5 nitrogen and oxygen atoms in total. The number of Topliss-reactive ketones (excluding diaryl/α,β-unsaturated/α-hetero) is 1. The first kappa shape index (κ1) is 23.6. The van der Waals surface area contributed by atoms with E-state index in [0.29, 0.717) is 28.3 Å². The summed E-state index contributed by atoms with van der Waals surface area (Å²) in [6.45, 7) is 5.93. The number of benzene rings is 1. The molecule has 190 valence electrons. The third-order valence-electron chi connectivity index (χ3n) is 11.2. The van der Waals surface area contributed by atoms with E-state index >= 15 is 0 Å². The molecule has 0 amide bonds. The fourth-order valence-corrected chi connectivity index (χ4v) is 9.66. The monoisotopic (exact) mass is 481 g/mol. The van der Waals surface area contributed by atoms with Crippen LogP contribution in [0.2, 0.25) is 0 Å². The number of halogens is 1. The number of aromatic nitrogens is 3. The Balaban J connectivity index is 1.24. The highest BCUT2D eigenvalue weighted by atomic mass is 19.1. The van der Waals surface area contributed by atoms with Crippen molar-refractivity contribution in [3.63, 3.8) is 0 Å². The van der Waals surface area contributed by atoms with Crippen molar-refractivity contribution < 1.29 is 13.9 Å². The van der Waals surface area contributed by atoms with E-state index in [1.165, 1.54) is 50.7 Å². The third-order valence-corrected chi connectivity index (χ3v) is 11.2. The molecule has 1 aromatic heterocycles. The van der Waals surface area contributed by atoms with Gasteiger partial charge in [0.25, 0.3) is 0 Å². The van der Waals surface area contributed by atoms with E-state index in [-0.39, 0.29) is 29.5 Å². The number of hydrogen-bond acceptors (Lipinski definition) is 4. The van der Waals surface area contributed by atoms with Gasteiger partial charge in [-0.1, -0.05) is 25.5 Å². The lowest BCUT2D eigenvalue weighted by Gasteiger charge is -2.61. The number of ketones is 1. The molecule has 35 heavy (non-hydrogen) atoms. The van der Waals surface area contributed by atoms with E-state index in [0.717, 1.165) is 43.6 Å². The Hall–Kier alpha value is -1.82. The number of carbonyl (C=O) groups excluding carboxylic acids is 1. The minimum atomic E-state index is -0.322. The normalized spacial score (nSPS) is 40.8. The largest absolute Gasteiger partial charge is 0.384 e. The van der Waals surface area contributed by atoms with E-state index in [4.69, 9.17) is 4.74 Å². The molecular formula is C29H40FN3O2. The van der Waals surface area contributed by atoms with E-state index in [2.05, 4.69) is 24.2 Å². The number of carbonyl (C=O) groups is 1. The topological polar surface area (TPSA) is 57.0 Å². The Labute approximate surface area is 208 Å². The summed E-state index contributed by atoms with van der Waals surface area (Å²) in [7, 11) is 1.89. The lowest BCUT2D eigenvalue weighted by molar-refractivity contribution is -0.154. The summed E-state index contributed by atoms with van der Waals surface area (Å²) < 4.78 is 21.4. The summed E-state index contributed by atoms with van der Waals surface area (Å²) >= 11 is 0. The van der Waals surface area contributed by atoms with Crippen LogP contribution in [0, 0.1) is 52.2 Å². The minimum Gasteiger partial charge on any atom is -0.384 e. The maximum Gasteiger partial charge on any atom is 0.157 e. The van der Waals surface area contributed by atoms with Crippen molar-refractivity contribution in [1.29, 1.82) is 0 Å². The quantitative estimate of drug-likeness (QED) is 0.521. The molecule has 7 unspecified atom stereocenters. The summed E-state index contributed by atoms with van der Waals surface area (Å²) in [5.74, 6) is 3.70. The molecule has 2 aromatic rings. The van der Waals surface area contributed by atoms with Crippen LogP contribution in [0.1, 0.15) is 71.6 Å². The lowest BCUT2D eigenvalue weighted by atomic mass is 9.44. The van der Waals surface area contributed by atoms with Gasteiger partial charge >= 0.3 is 0 Å². The van der Waals surface area contributed by atoms with Gasteiger partial charge in [0.15, 0.2) is 5.78 Å². The van der Waals surface area contributed by atoms with Crippen molar-refractivity contribution in [1.82, 2.24) is 15.0 Å². The fraction of sp³-hybridized carbons (Fsp3) is 0.759. The highest BCUT2D eigenvalue weighted by Crippen LogP contribution is 2.68. The predicted octanol–water partition coefficient (Wildman–Crippen LogP) is 6.06. The van der Waals surface area contributed by atoms with Crippen LogP contribution in [0.25, 0.3) is 11.0 Å². The Morgan fingerprint density at radius 3 is 2.83 bits per heavy atom. The molecule has 0 aliphatic heterocycles. The van der Waals surface area contributed by atoms with Gasteiger partial charge in [0.1, 0.15) is 17.9 Å². The molecule has 0 radical (unpaired) electrons. The van der Waals surface area contributed by atoms with E-state index in [1.54, 1.807) is 10.7 Å². The summed E-state index contributed by atoms with van der Waals surface area (Å²) in [4.78, 5) is 13.7. The van der Waals surface area contributed by atoms with Crippen LogP contribution >= 0.6 is 0 Å². The van der Waals surface area contributed by atoms with Gasteiger partial charge in [-0.25, -0.2) is 9.07 Å². The molecule has 4 saturated carbocycles. The third kappa shape index (κ3) is 3.60. The summed E-state index contributed by atoms with van der Waals surface area (Å²) in [5, 5.41) is 8.33. The Morgan fingerprint density at radius 1 is 1.14 bits per heavy atom. The van der Waals surface area contributed by atoms with Gasteiger partial charge in [0.05, 0.1) is 12.1 Å². The zero-order valence-electron chi connectivity index (χ0n) is 21.5. The number of hydrogen-bond donors (Lipinski definition) is 0. The van der Waals surface area contributed by atoms with Crippen LogP contribution < -0.4 is 0 Å². The average molecular weight is 482 g/mol. The second-order valence-corrected chi connectivity index (χ2v) is 12.7. The van der Waals surface area contributed by atoms with Crippen LogP contribution in [0.5, 0.6) is 0 Å². The second-order valence-electron chi connectivity index (χ2n) is 12.7. The predicted molar refractivity (Wildman–Crippen MR) is 133 cm³/mol. The first-order valence-electron chi connectivity index (χ1n) is 13.9. The van der Waals surface area contributed by atoms with E-state index in [1.807, 2.05) is 7.11 Å². The van der Waals surface area contributed by atoms with Gasteiger partial charge in [0.2, 0.25) is 0 Å². The number of methoxy groups -OCH3 is 1. The van der Waals surface area contributed by atoms with E-state index in [9.17, 15) is 9.18 Å². The standard InChI is InChI=1S/C29H40FN3O2/c1-18-10-13-29(17-35-3)19(14-18)4-6-21-22-7-8-24(28(22,2)12-11-23(21)29)27(34)16-33-26-15-20(30)5-9-25(26)31-32-33/h5,9,15,18-19,21-24H,4,6-8,10-14,16-17H2,1-3H3/t18?,19?,21-,22?,23?,24?,28?,29?/m0/s1. The highest BCUT2D eigenvalue weighted by Gasteiger charge is 2.62. The second kappa shape index (κ2) is 8.64. The van der Waals surface area contributed by atoms with Gasteiger partial charge < -0.3 is 4.74 Å². The van der Waals surface area contributed by atoms with Gasteiger partial charge in [-0.05, 0) is 104 Å². The van der Waals surface area contributed by atoms with Crippen molar-refractivity contribution in [2.75, 3.05) is 13.7 Å². The SMILES string of the molecule is COCC12CCC(C)CC1CC[C@H]1C3CCC(C(=O)Cn4nnc5ccc(F)cc54)C3(C)CCC12. The smallest absolute Gasteiger partial charge is 0.157 e. The van der Waals surface area contributed by atoms with E-state index < -0.39 is 0 Å². The molecule has 0 bridgehead atoms. The van der Waals surface area contributed by atoms with Gasteiger partial charge in [-0.3, -0.25) is 4.79 Å². The summed E-state index contributed by atoms with van der Waals surface area (Å²) in [5.41, 5.74) is 1.64. The van der Waals surface area contributed by atoms with Crippen molar-refractivity contribution in [3.8, 4) is 0 Å². The Bertz CT molecular complexity index is 1120. The number of ether oxygens (including phenoxy) is 1. The molecule has 1 aromatic carbocycles. The molecule has 4 aliphatic carbocycles. The Kier molecular flexibility index (Phi) is 5.82. The minimum absolute atomic E-state index is 0.0585. The molecule has 0 saturated heterocycles. The van der Waals surface area contributed by atoms with Crippen LogP contribution in [0.3, 0.4) is 0 Å². The molecular weight excluding hydrogens is 441 g/mol. The number of nitrogens with zero attached hydrogens (tertiary/aromatic N) is 3. The van der Waals surface area contributed by atoms with Gasteiger partial charge in [0, 0.05) is 19.1 Å². The van der Waals surface area contributed by atoms with Gasteiger partial charge in [-0.15, -0.1) is 5.10 Å². The van der Waals surface area contributed by atoms with Crippen molar-refractivity contribution in [2.24, 2.45) is 46.3 Å². The average Bonchev–Trinajstić information content (AvgIpc) is 3.39. The maximum absolute atomic E-state index is 13.8. The molecule has 0 spiro atoms. The first-order chi connectivity index (χ1) is 16.9. The molecule has 0 N–H and O–H groups in total. The van der Waals surface area contributed by atoms with Crippen LogP contribution in [-0.2, 0) is 16.1 Å². The molecule has 4 aliphatic rings. The molecule has 6 heteroatoms. The number of rotatable bonds is 5. The van der Waals surface area contributed by atoms with Crippen molar-refractivity contribution >= 4 is 16.8 Å². The molecule has 8 atom stereocenters. The molecule has 1 heterocycles. The molecule has 4 fully saturated rings. The van der Waals surface area contributed by atoms with Gasteiger partial charge in [-0.2, -0.15) is 0 Å².